The van der Waals surface area contributed by atoms with Gasteiger partial charge in [0, 0.05) is 30.0 Å². The first-order valence-corrected chi connectivity index (χ1v) is 9.58. The maximum atomic E-state index is 13.1. The van der Waals surface area contributed by atoms with E-state index in [1.807, 2.05) is 48.7 Å². The van der Waals surface area contributed by atoms with E-state index in [0.29, 0.717) is 13.1 Å². The highest BCUT2D eigenvalue weighted by Gasteiger charge is 2.35. The maximum Gasteiger partial charge on any atom is 0.416 e. The van der Waals surface area contributed by atoms with Gasteiger partial charge in [0.25, 0.3) is 5.91 Å². The second kappa shape index (κ2) is 7.78. The number of carbonyl (C=O) groups excluding carboxylic acids is 1. The van der Waals surface area contributed by atoms with Gasteiger partial charge >= 0.3 is 6.18 Å². The predicted octanol–water partition coefficient (Wildman–Crippen LogP) is 5.36. The van der Waals surface area contributed by atoms with Crippen molar-refractivity contribution in [1.82, 2.24) is 9.47 Å². The molecule has 6 heteroatoms. The monoisotopic (exact) mass is 398 g/mol. The van der Waals surface area contributed by atoms with Crippen LogP contribution >= 0.6 is 0 Å². The van der Waals surface area contributed by atoms with E-state index in [2.05, 4.69) is 4.57 Å². The quantitative estimate of drug-likeness (QED) is 0.549. The van der Waals surface area contributed by atoms with Crippen LogP contribution in [0.15, 0.2) is 72.9 Å². The Kier molecular flexibility index (Phi) is 5.18. The molecule has 0 unspecified atom stereocenters. The molecule has 1 aliphatic carbocycles. The summed E-state index contributed by atoms with van der Waals surface area (Å²) >= 11 is 0. The molecule has 0 spiro atoms. The van der Waals surface area contributed by atoms with Crippen LogP contribution < -0.4 is 0 Å². The Hall–Kier alpha value is -3.02. The lowest BCUT2D eigenvalue weighted by molar-refractivity contribution is -0.137. The topological polar surface area (TPSA) is 25.2 Å². The molecular formula is C23H21F3N2O. The molecule has 0 atom stereocenters. The fourth-order valence-corrected chi connectivity index (χ4v) is 3.45. The summed E-state index contributed by atoms with van der Waals surface area (Å²) in [6.07, 6.45) is -0.749. The van der Waals surface area contributed by atoms with Gasteiger partial charge in [0.15, 0.2) is 0 Å². The molecule has 0 radical (unpaired) electrons. The average molecular weight is 398 g/mol. The van der Waals surface area contributed by atoms with Crippen LogP contribution in [-0.4, -0.2) is 21.4 Å². The van der Waals surface area contributed by atoms with Gasteiger partial charge in [-0.05, 0) is 48.7 Å². The van der Waals surface area contributed by atoms with Gasteiger partial charge in [-0.2, -0.15) is 13.2 Å². The Bertz CT molecular complexity index is 991. The van der Waals surface area contributed by atoms with Gasteiger partial charge < -0.3 is 9.47 Å². The second-order valence-corrected chi connectivity index (χ2v) is 7.36. The Morgan fingerprint density at radius 2 is 1.76 bits per heavy atom. The van der Waals surface area contributed by atoms with Gasteiger partial charge in [-0.3, -0.25) is 4.79 Å². The van der Waals surface area contributed by atoms with E-state index in [1.54, 1.807) is 4.90 Å². The van der Waals surface area contributed by atoms with Crippen LogP contribution in [0.3, 0.4) is 0 Å². The van der Waals surface area contributed by atoms with Gasteiger partial charge in [-0.15, -0.1) is 0 Å². The van der Waals surface area contributed by atoms with Gasteiger partial charge in [0.1, 0.15) is 0 Å². The molecule has 150 valence electrons. The number of rotatable bonds is 6. The van der Waals surface area contributed by atoms with Crippen molar-refractivity contribution in [2.24, 2.45) is 0 Å². The van der Waals surface area contributed by atoms with Crippen LogP contribution in [0.1, 0.15) is 40.0 Å². The zero-order chi connectivity index (χ0) is 20.4. The molecule has 4 rings (SSSR count). The third-order valence-corrected chi connectivity index (χ3v) is 5.14. The normalized spacial score (nSPS) is 14.0. The lowest BCUT2D eigenvalue weighted by Gasteiger charge is -2.24. The summed E-state index contributed by atoms with van der Waals surface area (Å²) < 4.78 is 41.2. The molecular weight excluding hydrogens is 377 g/mol. The molecule has 1 amide bonds. The molecule has 29 heavy (non-hydrogen) atoms. The highest BCUT2D eigenvalue weighted by molar-refractivity contribution is 5.94. The fourth-order valence-electron chi connectivity index (χ4n) is 3.45. The maximum absolute atomic E-state index is 13.1. The Balaban J connectivity index is 1.56. The number of benzene rings is 2. The number of nitrogens with zero attached hydrogens (tertiary/aromatic N) is 2. The minimum atomic E-state index is -4.47. The zero-order valence-electron chi connectivity index (χ0n) is 15.8. The van der Waals surface area contributed by atoms with Crippen molar-refractivity contribution < 1.29 is 18.0 Å². The van der Waals surface area contributed by atoms with Gasteiger partial charge in [-0.1, -0.05) is 36.4 Å². The van der Waals surface area contributed by atoms with Crippen molar-refractivity contribution in [3.63, 3.8) is 0 Å². The summed E-state index contributed by atoms with van der Waals surface area (Å²) in [5, 5.41) is 0. The number of hydrogen-bond donors (Lipinski definition) is 0. The Morgan fingerprint density at radius 3 is 2.45 bits per heavy atom. The molecule has 2 aromatic carbocycles. The van der Waals surface area contributed by atoms with Gasteiger partial charge in [0.2, 0.25) is 0 Å². The summed E-state index contributed by atoms with van der Waals surface area (Å²) in [4.78, 5) is 14.8. The Labute approximate surface area is 167 Å². The first-order valence-electron chi connectivity index (χ1n) is 9.58. The number of alkyl halides is 3. The summed E-state index contributed by atoms with van der Waals surface area (Å²) in [5.74, 6) is -0.355. The fraction of sp³-hybridized carbons (Fsp3) is 0.261. The summed E-state index contributed by atoms with van der Waals surface area (Å²) in [6, 6.07) is 18.6. The highest BCUT2D eigenvalue weighted by atomic mass is 19.4. The van der Waals surface area contributed by atoms with Gasteiger partial charge in [-0.25, -0.2) is 0 Å². The van der Waals surface area contributed by atoms with Crippen LogP contribution in [0.2, 0.25) is 0 Å². The molecule has 0 saturated heterocycles. The minimum absolute atomic E-state index is 0.0768. The van der Waals surface area contributed by atoms with E-state index >= 15 is 0 Å². The molecule has 3 aromatic rings. The van der Waals surface area contributed by atoms with E-state index in [1.165, 1.54) is 12.1 Å². The standard InChI is InChI=1S/C23H21F3N2O/c24-23(25,26)19-9-4-8-18(14-19)22(29)28(20-11-12-20)16-21-10-5-13-27(21)15-17-6-2-1-3-7-17/h1-10,13-14,20H,11-12,15-16H2. The zero-order valence-corrected chi connectivity index (χ0v) is 15.8. The van der Waals surface area contributed by atoms with E-state index in [4.69, 9.17) is 0 Å². The molecule has 0 aliphatic heterocycles. The molecule has 1 fully saturated rings. The molecule has 1 aromatic heterocycles. The lowest BCUT2D eigenvalue weighted by atomic mass is 10.1. The van der Waals surface area contributed by atoms with Crippen LogP contribution in [0, 0.1) is 0 Å². The Morgan fingerprint density at radius 1 is 1.00 bits per heavy atom. The molecule has 0 N–H and O–H groups in total. The van der Waals surface area contributed by atoms with Crippen molar-refractivity contribution in [1.29, 1.82) is 0 Å². The first kappa shape index (κ1) is 19.3. The van der Waals surface area contributed by atoms with Crippen molar-refractivity contribution in [2.45, 2.75) is 38.1 Å². The van der Waals surface area contributed by atoms with Crippen LogP contribution in [0.25, 0.3) is 0 Å². The summed E-state index contributed by atoms with van der Waals surface area (Å²) in [6.45, 7) is 1.05. The van der Waals surface area contributed by atoms with Crippen molar-refractivity contribution in [3.05, 3.63) is 95.3 Å². The molecule has 0 bridgehead atoms. The van der Waals surface area contributed by atoms with Crippen molar-refractivity contribution >= 4 is 5.91 Å². The number of carbonyl (C=O) groups is 1. The summed E-state index contributed by atoms with van der Waals surface area (Å²) in [7, 11) is 0. The minimum Gasteiger partial charge on any atom is -0.345 e. The SMILES string of the molecule is O=C(c1cccc(C(F)(F)F)c1)N(Cc1cccn1Cc1ccccc1)C1CC1. The predicted molar refractivity (Wildman–Crippen MR) is 104 cm³/mol. The number of halogens is 3. The third kappa shape index (κ3) is 4.53. The highest BCUT2D eigenvalue weighted by Crippen LogP contribution is 2.32. The molecule has 1 aliphatic rings. The molecule has 1 heterocycles. The molecule has 3 nitrogen and oxygen atoms in total. The van der Waals surface area contributed by atoms with E-state index in [0.717, 1.165) is 36.2 Å². The van der Waals surface area contributed by atoms with Crippen LogP contribution in [0.4, 0.5) is 13.2 Å². The van der Waals surface area contributed by atoms with E-state index in [-0.39, 0.29) is 17.5 Å². The number of aromatic nitrogens is 1. The lowest BCUT2D eigenvalue weighted by Crippen LogP contribution is -2.33. The number of hydrogen-bond acceptors (Lipinski definition) is 1. The smallest absolute Gasteiger partial charge is 0.345 e. The van der Waals surface area contributed by atoms with E-state index in [9.17, 15) is 18.0 Å². The van der Waals surface area contributed by atoms with Crippen LogP contribution in [0.5, 0.6) is 0 Å². The van der Waals surface area contributed by atoms with E-state index < -0.39 is 11.7 Å². The number of amides is 1. The first-order chi connectivity index (χ1) is 13.9. The third-order valence-electron chi connectivity index (χ3n) is 5.14. The second-order valence-electron chi connectivity index (χ2n) is 7.36. The van der Waals surface area contributed by atoms with Crippen molar-refractivity contribution in [2.75, 3.05) is 0 Å². The molecule has 1 saturated carbocycles. The van der Waals surface area contributed by atoms with Crippen LogP contribution in [-0.2, 0) is 19.3 Å². The van der Waals surface area contributed by atoms with Crippen molar-refractivity contribution in [3.8, 4) is 0 Å². The van der Waals surface area contributed by atoms with Gasteiger partial charge in [0.05, 0.1) is 12.1 Å². The summed E-state index contributed by atoms with van der Waals surface area (Å²) in [5.41, 5.74) is 1.38. The largest absolute Gasteiger partial charge is 0.416 e. The average Bonchev–Trinajstić information content (AvgIpc) is 3.46.